The molecule has 0 N–H and O–H groups in total. The number of pyridine rings is 1. The van der Waals surface area contributed by atoms with Crippen molar-refractivity contribution in [3.05, 3.63) is 71.0 Å². The lowest BCUT2D eigenvalue weighted by atomic mass is 9.95. The molecule has 0 saturated carbocycles. The van der Waals surface area contributed by atoms with Crippen LogP contribution in [0.2, 0.25) is 5.02 Å². The van der Waals surface area contributed by atoms with Crippen LogP contribution in [0.25, 0.3) is 39.0 Å². The summed E-state index contributed by atoms with van der Waals surface area (Å²) in [7, 11) is 1.83. The van der Waals surface area contributed by atoms with E-state index in [9.17, 15) is 13.6 Å². The Morgan fingerprint density at radius 1 is 1.17 bits per heavy atom. The Labute approximate surface area is 308 Å². The third-order valence-corrected chi connectivity index (χ3v) is 11.1. The standard InChI is InChI=1S/C38H38ClF3N8O3/c1-21(2)35-44-28(53-47-35)10-11-29(51)49-15-12-24(19-49)48(3)36-26-17-43-33(25-7-4-6-22-8-9-27(41)31(39)30(22)25)32(42)34(26)45-37(46-36)52-20-38-13-5-14-50(38)18-23(40)16-38/h4,6-11,17,21,23-24H,5,12-16,18-20H2,1-3H3/b11-10+/t23-,24-,38-/m1/s1. The maximum atomic E-state index is 16.9. The number of ether oxygens (including phenoxy) is 1. The number of halogens is 4. The van der Waals surface area contributed by atoms with Gasteiger partial charge < -0.3 is 19.1 Å². The summed E-state index contributed by atoms with van der Waals surface area (Å²) in [6.07, 6.45) is 6.13. The summed E-state index contributed by atoms with van der Waals surface area (Å²) < 4.78 is 57.6. The molecule has 276 valence electrons. The molecule has 3 aliphatic heterocycles. The van der Waals surface area contributed by atoms with Crippen LogP contribution < -0.4 is 9.64 Å². The highest BCUT2D eigenvalue weighted by Crippen LogP contribution is 2.42. The van der Waals surface area contributed by atoms with Crippen molar-refractivity contribution in [2.24, 2.45) is 0 Å². The number of hydrogen-bond donors (Lipinski definition) is 0. The second-order valence-corrected chi connectivity index (χ2v) is 14.8. The molecule has 53 heavy (non-hydrogen) atoms. The number of likely N-dealkylation sites (tertiary alicyclic amines) is 1. The number of benzene rings is 2. The lowest BCUT2D eigenvalue weighted by Gasteiger charge is -2.31. The number of likely N-dealkylation sites (N-methyl/N-ethyl adjacent to an activating group) is 1. The highest BCUT2D eigenvalue weighted by atomic mass is 35.5. The van der Waals surface area contributed by atoms with E-state index in [1.165, 1.54) is 24.4 Å². The first-order chi connectivity index (χ1) is 25.5. The Bertz CT molecular complexity index is 2250. The van der Waals surface area contributed by atoms with Crippen LogP contribution in [0.4, 0.5) is 19.0 Å². The van der Waals surface area contributed by atoms with Gasteiger partial charge in [-0.25, -0.2) is 13.2 Å². The molecule has 3 atom stereocenters. The molecule has 3 fully saturated rings. The fourth-order valence-corrected chi connectivity index (χ4v) is 8.20. The van der Waals surface area contributed by atoms with Crippen molar-refractivity contribution in [3.63, 3.8) is 0 Å². The second kappa shape index (κ2) is 13.9. The molecule has 1 amide bonds. The number of rotatable bonds is 9. The minimum absolute atomic E-state index is 0.0452. The van der Waals surface area contributed by atoms with Crippen molar-refractivity contribution in [2.75, 3.05) is 44.7 Å². The van der Waals surface area contributed by atoms with Crippen LogP contribution >= 0.6 is 11.6 Å². The third kappa shape index (κ3) is 6.45. The first-order valence-electron chi connectivity index (χ1n) is 17.8. The molecule has 0 spiro atoms. The molecule has 3 saturated heterocycles. The van der Waals surface area contributed by atoms with Gasteiger partial charge in [-0.2, -0.15) is 15.0 Å². The Kier molecular flexibility index (Phi) is 9.22. The SMILES string of the molecule is CC(C)c1noc(/C=C/C(=O)N2CC[C@@H](N(C)c3nc(OC[C@]45CCCN4C[C@H](F)C5)nc4c(F)c(-c5cccc6ccc(F)c(Cl)c56)ncc34)C2)n1. The number of fused-ring (bicyclic) bond motifs is 3. The summed E-state index contributed by atoms with van der Waals surface area (Å²) in [5.41, 5.74) is -0.276. The smallest absolute Gasteiger partial charge is 0.319 e. The Morgan fingerprint density at radius 3 is 2.83 bits per heavy atom. The zero-order valence-electron chi connectivity index (χ0n) is 29.5. The Balaban J connectivity index is 1.13. The average Bonchev–Trinajstić information content (AvgIpc) is 3.96. The molecular formula is C38H38ClF3N8O3. The van der Waals surface area contributed by atoms with Crippen LogP contribution in [0.5, 0.6) is 6.01 Å². The molecule has 3 aromatic heterocycles. The molecule has 5 aromatic rings. The van der Waals surface area contributed by atoms with Gasteiger partial charge in [0, 0.05) is 74.4 Å². The predicted octanol–water partition coefficient (Wildman–Crippen LogP) is 6.99. The number of nitrogens with zero attached hydrogens (tertiary/aromatic N) is 8. The molecule has 11 nitrogen and oxygen atoms in total. The number of aromatic nitrogens is 5. The number of amides is 1. The van der Waals surface area contributed by atoms with Crippen LogP contribution in [0.3, 0.4) is 0 Å². The van der Waals surface area contributed by atoms with Crippen molar-refractivity contribution in [1.82, 2.24) is 34.9 Å². The van der Waals surface area contributed by atoms with Crippen molar-refractivity contribution in [3.8, 4) is 17.3 Å². The van der Waals surface area contributed by atoms with Crippen LogP contribution in [0.1, 0.15) is 57.2 Å². The van der Waals surface area contributed by atoms with E-state index in [-0.39, 0.29) is 52.6 Å². The Hall–Kier alpha value is -4.82. The Morgan fingerprint density at radius 2 is 2.02 bits per heavy atom. The number of carbonyl (C=O) groups is 1. The molecular weight excluding hydrogens is 709 g/mol. The summed E-state index contributed by atoms with van der Waals surface area (Å²) in [5.74, 6) is -0.337. The zero-order valence-corrected chi connectivity index (χ0v) is 30.3. The van der Waals surface area contributed by atoms with E-state index in [0.717, 1.165) is 19.4 Å². The molecule has 0 radical (unpaired) electrons. The first kappa shape index (κ1) is 35.2. The van der Waals surface area contributed by atoms with Crippen LogP contribution in [0.15, 0.2) is 47.1 Å². The maximum Gasteiger partial charge on any atom is 0.319 e. The van der Waals surface area contributed by atoms with E-state index >= 15 is 4.39 Å². The highest BCUT2D eigenvalue weighted by Gasteiger charge is 2.49. The van der Waals surface area contributed by atoms with Crippen molar-refractivity contribution < 1.29 is 27.2 Å². The summed E-state index contributed by atoms with van der Waals surface area (Å²) in [6.45, 7) is 6.03. The van der Waals surface area contributed by atoms with Crippen molar-refractivity contribution >= 4 is 51.1 Å². The highest BCUT2D eigenvalue weighted by molar-refractivity contribution is 6.36. The molecule has 2 aromatic carbocycles. The van der Waals surface area contributed by atoms with Gasteiger partial charge in [0.2, 0.25) is 5.91 Å². The monoisotopic (exact) mass is 746 g/mol. The van der Waals surface area contributed by atoms with E-state index in [2.05, 4.69) is 25.0 Å². The van der Waals surface area contributed by atoms with Crippen LogP contribution in [0, 0.1) is 11.6 Å². The topological polar surface area (TPSA) is 114 Å². The molecule has 6 heterocycles. The molecule has 3 aliphatic rings. The normalized spacial score (nSPS) is 21.8. The largest absolute Gasteiger partial charge is 0.461 e. The lowest BCUT2D eigenvalue weighted by Crippen LogP contribution is -2.43. The minimum atomic E-state index is -0.950. The lowest BCUT2D eigenvalue weighted by molar-refractivity contribution is -0.124. The van der Waals surface area contributed by atoms with Gasteiger partial charge in [0.1, 0.15) is 35.6 Å². The summed E-state index contributed by atoms with van der Waals surface area (Å²) in [5, 5.41) is 5.07. The quantitative estimate of drug-likeness (QED) is 0.146. The molecule has 0 aliphatic carbocycles. The van der Waals surface area contributed by atoms with Crippen LogP contribution in [-0.4, -0.2) is 98.4 Å². The van der Waals surface area contributed by atoms with E-state index in [1.54, 1.807) is 29.2 Å². The van der Waals surface area contributed by atoms with Crippen molar-refractivity contribution in [2.45, 2.75) is 63.2 Å². The number of hydrogen-bond acceptors (Lipinski definition) is 10. The van der Waals surface area contributed by atoms with E-state index in [4.69, 9.17) is 25.8 Å². The predicted molar refractivity (Wildman–Crippen MR) is 195 cm³/mol. The average molecular weight is 747 g/mol. The molecule has 0 bridgehead atoms. The number of carbonyl (C=O) groups excluding carboxylic acids is 1. The van der Waals surface area contributed by atoms with Gasteiger partial charge >= 0.3 is 6.01 Å². The fraction of sp³-hybridized carbons (Fsp3) is 0.421. The van der Waals surface area contributed by atoms with Gasteiger partial charge in [-0.15, -0.1) is 0 Å². The van der Waals surface area contributed by atoms with Gasteiger partial charge in [0.15, 0.2) is 11.6 Å². The van der Waals surface area contributed by atoms with Gasteiger partial charge in [-0.05, 0) is 37.3 Å². The number of anilines is 1. The number of alkyl halides is 1. The van der Waals surface area contributed by atoms with Crippen LogP contribution in [-0.2, 0) is 4.79 Å². The zero-order chi connectivity index (χ0) is 37.0. The fourth-order valence-electron chi connectivity index (χ4n) is 7.93. The third-order valence-electron chi connectivity index (χ3n) is 10.8. The van der Waals surface area contributed by atoms with Gasteiger partial charge in [-0.3, -0.25) is 14.7 Å². The minimum Gasteiger partial charge on any atom is -0.461 e. The van der Waals surface area contributed by atoms with Gasteiger partial charge in [0.25, 0.3) is 5.89 Å². The summed E-state index contributed by atoms with van der Waals surface area (Å²) >= 11 is 6.42. The maximum absolute atomic E-state index is 16.9. The molecule has 15 heteroatoms. The molecule has 8 rings (SSSR count). The summed E-state index contributed by atoms with van der Waals surface area (Å²) in [6, 6.07) is 7.72. The first-order valence-corrected chi connectivity index (χ1v) is 18.2. The van der Waals surface area contributed by atoms with Gasteiger partial charge in [-0.1, -0.05) is 54.9 Å². The van der Waals surface area contributed by atoms with E-state index in [0.29, 0.717) is 65.8 Å². The van der Waals surface area contributed by atoms with E-state index < -0.39 is 23.3 Å². The molecule has 0 unspecified atom stereocenters. The van der Waals surface area contributed by atoms with Gasteiger partial charge in [0.05, 0.1) is 15.9 Å². The van der Waals surface area contributed by atoms with Crippen molar-refractivity contribution in [1.29, 1.82) is 0 Å². The second-order valence-electron chi connectivity index (χ2n) is 14.5. The summed E-state index contributed by atoms with van der Waals surface area (Å²) in [4.78, 5) is 37.0. The van der Waals surface area contributed by atoms with E-state index in [1.807, 2.05) is 25.8 Å².